The molecular weight excluding hydrogens is 348 g/mol. The Kier molecular flexibility index (Phi) is 6.70. The van der Waals surface area contributed by atoms with Gasteiger partial charge >= 0.3 is 5.97 Å². The first kappa shape index (κ1) is 19.9. The summed E-state index contributed by atoms with van der Waals surface area (Å²) >= 11 is 0. The normalized spacial score (nSPS) is 13.3. The van der Waals surface area contributed by atoms with Crippen molar-refractivity contribution in [3.63, 3.8) is 0 Å². The molecule has 3 heteroatoms. The molecule has 0 aromatic heterocycles. The van der Waals surface area contributed by atoms with Gasteiger partial charge in [0.1, 0.15) is 5.75 Å². The molecule has 2 N–H and O–H groups in total. The second-order valence-electron chi connectivity index (χ2n) is 7.48. The first-order valence-electron chi connectivity index (χ1n) is 10.1. The van der Waals surface area contributed by atoms with E-state index in [4.69, 9.17) is 5.11 Å². The summed E-state index contributed by atoms with van der Waals surface area (Å²) < 4.78 is 0. The van der Waals surface area contributed by atoms with Crippen LogP contribution >= 0.6 is 0 Å². The lowest BCUT2D eigenvalue weighted by Gasteiger charge is -2.25. The number of fused-ring (bicyclic) bond motifs is 1. The Morgan fingerprint density at radius 1 is 0.964 bits per heavy atom. The fraction of sp³-hybridized carbons (Fsp3) is 0.320. The molecule has 0 saturated heterocycles. The van der Waals surface area contributed by atoms with E-state index in [1.165, 1.54) is 5.56 Å². The number of phenols is 1. The zero-order valence-corrected chi connectivity index (χ0v) is 16.3. The average molecular weight is 376 g/mol. The molecule has 0 aliphatic rings. The van der Waals surface area contributed by atoms with Gasteiger partial charge in [-0.25, -0.2) is 0 Å². The molecule has 3 nitrogen and oxygen atoms in total. The number of phenolic OH excluding ortho intramolecular Hbond substituents is 1. The topological polar surface area (TPSA) is 57.5 Å². The second kappa shape index (κ2) is 9.41. The molecule has 0 saturated carbocycles. The number of carboxylic acid groups (broad SMARTS) is 1. The van der Waals surface area contributed by atoms with Crippen LogP contribution in [0.4, 0.5) is 0 Å². The lowest BCUT2D eigenvalue weighted by atomic mass is 9.80. The van der Waals surface area contributed by atoms with E-state index in [0.717, 1.165) is 35.6 Å². The summed E-state index contributed by atoms with van der Waals surface area (Å²) in [4.78, 5) is 10.9. The molecule has 0 fully saturated rings. The summed E-state index contributed by atoms with van der Waals surface area (Å²) in [6.45, 7) is 2.16. The standard InChI is InChI=1S/C25H28O3/c1-2-18(9-8-14-24(26)27)17-23(19-10-4-3-5-11-19)22-16-15-20-12-6-7-13-21(20)25(22)28/h3-7,10-13,15-16,18,23,28H,2,8-9,14,17H2,1H3,(H,26,27). The van der Waals surface area contributed by atoms with Gasteiger partial charge in [0.25, 0.3) is 0 Å². The first-order chi connectivity index (χ1) is 13.6. The molecule has 0 spiro atoms. The second-order valence-corrected chi connectivity index (χ2v) is 7.48. The van der Waals surface area contributed by atoms with E-state index in [-0.39, 0.29) is 12.3 Å². The van der Waals surface area contributed by atoms with Crippen LogP contribution in [0.1, 0.15) is 56.1 Å². The molecule has 0 heterocycles. The van der Waals surface area contributed by atoms with Crippen LogP contribution in [-0.4, -0.2) is 16.2 Å². The first-order valence-corrected chi connectivity index (χ1v) is 10.1. The van der Waals surface area contributed by atoms with Gasteiger partial charge in [0.15, 0.2) is 0 Å². The van der Waals surface area contributed by atoms with Crippen LogP contribution in [0.25, 0.3) is 10.8 Å². The fourth-order valence-electron chi connectivity index (χ4n) is 4.05. The van der Waals surface area contributed by atoms with Gasteiger partial charge < -0.3 is 10.2 Å². The highest BCUT2D eigenvalue weighted by molar-refractivity contribution is 5.89. The summed E-state index contributed by atoms with van der Waals surface area (Å²) in [5, 5.41) is 21.9. The number of benzene rings is 3. The number of aromatic hydroxyl groups is 1. The molecule has 28 heavy (non-hydrogen) atoms. The Morgan fingerprint density at radius 2 is 1.68 bits per heavy atom. The lowest BCUT2D eigenvalue weighted by molar-refractivity contribution is -0.137. The minimum absolute atomic E-state index is 0.0839. The van der Waals surface area contributed by atoms with Crippen molar-refractivity contribution in [2.75, 3.05) is 0 Å². The number of carboxylic acids is 1. The highest BCUT2D eigenvalue weighted by Crippen LogP contribution is 2.41. The van der Waals surface area contributed by atoms with Crippen molar-refractivity contribution < 1.29 is 15.0 Å². The Labute approximate surface area is 166 Å². The summed E-state index contributed by atoms with van der Waals surface area (Å²) in [6, 6.07) is 22.3. The van der Waals surface area contributed by atoms with Crippen molar-refractivity contribution in [1.29, 1.82) is 0 Å². The maximum atomic E-state index is 11.0. The Hall–Kier alpha value is -2.81. The average Bonchev–Trinajstić information content (AvgIpc) is 2.72. The van der Waals surface area contributed by atoms with Gasteiger partial charge in [-0.3, -0.25) is 4.79 Å². The molecular formula is C25H28O3. The number of hydrogen-bond donors (Lipinski definition) is 2. The van der Waals surface area contributed by atoms with Crippen molar-refractivity contribution in [2.45, 2.75) is 44.9 Å². The van der Waals surface area contributed by atoms with Gasteiger partial charge in [0, 0.05) is 23.3 Å². The van der Waals surface area contributed by atoms with Crippen LogP contribution in [0.2, 0.25) is 0 Å². The predicted molar refractivity (Wildman–Crippen MR) is 114 cm³/mol. The highest BCUT2D eigenvalue weighted by Gasteiger charge is 2.22. The third-order valence-electron chi connectivity index (χ3n) is 5.66. The minimum atomic E-state index is -0.735. The molecule has 0 radical (unpaired) electrons. The SMILES string of the molecule is CCC(CCCC(=O)O)CC(c1ccccc1)c1ccc2ccccc2c1O. The van der Waals surface area contributed by atoms with E-state index < -0.39 is 5.97 Å². The summed E-state index contributed by atoms with van der Waals surface area (Å²) in [5.74, 6) is 0.116. The molecule has 0 aliphatic heterocycles. The minimum Gasteiger partial charge on any atom is -0.507 e. The van der Waals surface area contributed by atoms with Gasteiger partial charge in [0.2, 0.25) is 0 Å². The molecule has 0 aliphatic carbocycles. The summed E-state index contributed by atoms with van der Waals surface area (Å²) in [5.41, 5.74) is 2.13. The monoisotopic (exact) mass is 376 g/mol. The zero-order chi connectivity index (χ0) is 19.9. The van der Waals surface area contributed by atoms with Crippen molar-refractivity contribution in [2.24, 2.45) is 5.92 Å². The van der Waals surface area contributed by atoms with E-state index in [2.05, 4.69) is 25.1 Å². The third-order valence-corrected chi connectivity index (χ3v) is 5.66. The number of aliphatic carboxylic acids is 1. The molecule has 3 rings (SSSR count). The van der Waals surface area contributed by atoms with Crippen molar-refractivity contribution >= 4 is 16.7 Å². The van der Waals surface area contributed by atoms with E-state index in [9.17, 15) is 9.90 Å². The summed E-state index contributed by atoms with van der Waals surface area (Å²) in [6.07, 6.45) is 3.69. The smallest absolute Gasteiger partial charge is 0.303 e. The highest BCUT2D eigenvalue weighted by atomic mass is 16.4. The number of carbonyl (C=O) groups is 1. The van der Waals surface area contributed by atoms with Crippen LogP contribution in [0.5, 0.6) is 5.75 Å². The maximum absolute atomic E-state index is 11.0. The van der Waals surface area contributed by atoms with Crippen LogP contribution in [0.15, 0.2) is 66.7 Å². The molecule has 3 aromatic carbocycles. The summed E-state index contributed by atoms with van der Waals surface area (Å²) in [7, 11) is 0. The molecule has 2 atom stereocenters. The van der Waals surface area contributed by atoms with E-state index in [0.29, 0.717) is 18.1 Å². The third kappa shape index (κ3) is 4.72. The molecule has 0 amide bonds. The molecule has 0 bridgehead atoms. The van der Waals surface area contributed by atoms with Gasteiger partial charge in [-0.2, -0.15) is 0 Å². The predicted octanol–water partition coefficient (Wildman–Crippen LogP) is 6.35. The fourth-order valence-corrected chi connectivity index (χ4v) is 4.05. The van der Waals surface area contributed by atoms with Crippen LogP contribution < -0.4 is 0 Å². The van der Waals surface area contributed by atoms with Crippen LogP contribution in [-0.2, 0) is 4.79 Å². The maximum Gasteiger partial charge on any atom is 0.303 e. The largest absolute Gasteiger partial charge is 0.507 e. The molecule has 146 valence electrons. The Bertz CT molecular complexity index is 917. The van der Waals surface area contributed by atoms with Crippen molar-refractivity contribution in [1.82, 2.24) is 0 Å². The van der Waals surface area contributed by atoms with E-state index >= 15 is 0 Å². The van der Waals surface area contributed by atoms with Gasteiger partial charge in [-0.1, -0.05) is 80.1 Å². The van der Waals surface area contributed by atoms with Gasteiger partial charge in [-0.05, 0) is 36.1 Å². The van der Waals surface area contributed by atoms with Crippen molar-refractivity contribution in [3.8, 4) is 5.75 Å². The quantitative estimate of drug-likeness (QED) is 0.457. The molecule has 3 aromatic rings. The molecule has 2 unspecified atom stereocenters. The van der Waals surface area contributed by atoms with Crippen molar-refractivity contribution in [3.05, 3.63) is 77.9 Å². The Balaban J connectivity index is 1.94. The Morgan fingerprint density at radius 3 is 2.39 bits per heavy atom. The van der Waals surface area contributed by atoms with Crippen LogP contribution in [0, 0.1) is 5.92 Å². The van der Waals surface area contributed by atoms with Crippen LogP contribution in [0.3, 0.4) is 0 Å². The van der Waals surface area contributed by atoms with Gasteiger partial charge in [0.05, 0.1) is 0 Å². The van der Waals surface area contributed by atoms with Gasteiger partial charge in [-0.15, -0.1) is 0 Å². The van der Waals surface area contributed by atoms with E-state index in [1.807, 2.05) is 48.5 Å². The number of rotatable bonds is 9. The number of hydrogen-bond acceptors (Lipinski definition) is 2. The lowest BCUT2D eigenvalue weighted by Crippen LogP contribution is -2.10. The zero-order valence-electron chi connectivity index (χ0n) is 16.3. The van der Waals surface area contributed by atoms with E-state index in [1.54, 1.807) is 0 Å².